The summed E-state index contributed by atoms with van der Waals surface area (Å²) in [5.74, 6) is 0. The Morgan fingerprint density at radius 3 is 2.92 bits per heavy atom. The van der Waals surface area contributed by atoms with Gasteiger partial charge >= 0.3 is 0 Å². The van der Waals surface area contributed by atoms with Crippen LogP contribution in [0.4, 0.5) is 0 Å². The van der Waals surface area contributed by atoms with Crippen molar-refractivity contribution in [2.24, 2.45) is 0 Å². The summed E-state index contributed by atoms with van der Waals surface area (Å²) in [6.07, 6.45) is 4.15. The summed E-state index contributed by atoms with van der Waals surface area (Å²) in [4.78, 5) is 18.4. The molecule has 1 heterocycles. The average molecular weight is 276 g/mol. The fourth-order valence-electron chi connectivity index (χ4n) is 1.57. The molecular weight excluding hydrogens is 267 g/mol. The van der Waals surface area contributed by atoms with E-state index in [0.717, 1.165) is 30.5 Å². The van der Waals surface area contributed by atoms with Crippen LogP contribution in [-0.2, 0) is 12.8 Å². The number of rotatable bonds is 0. The Morgan fingerprint density at radius 1 is 1.33 bits per heavy atom. The van der Waals surface area contributed by atoms with Crippen LogP contribution in [-0.4, -0.2) is 9.97 Å². The molecule has 1 aliphatic carbocycles. The van der Waals surface area contributed by atoms with Crippen molar-refractivity contribution in [2.45, 2.75) is 25.7 Å². The Labute approximate surface area is 83.7 Å². The van der Waals surface area contributed by atoms with Crippen molar-refractivity contribution in [1.29, 1.82) is 0 Å². The van der Waals surface area contributed by atoms with E-state index in [9.17, 15) is 4.79 Å². The minimum Gasteiger partial charge on any atom is -0.302 e. The predicted molar refractivity (Wildman–Crippen MR) is 54.2 cm³/mol. The summed E-state index contributed by atoms with van der Waals surface area (Å²) >= 11 is 2.04. The number of aromatic nitrogens is 2. The summed E-state index contributed by atoms with van der Waals surface area (Å²) in [5, 5.41) is 0. The van der Waals surface area contributed by atoms with E-state index in [1.807, 2.05) is 22.6 Å². The number of nitrogens with one attached hydrogen (secondary N) is 1. The van der Waals surface area contributed by atoms with Crippen LogP contribution < -0.4 is 5.56 Å². The molecule has 2 rings (SSSR count). The first-order valence-corrected chi connectivity index (χ1v) is 5.13. The second-order valence-corrected chi connectivity index (χ2v) is 4.01. The second kappa shape index (κ2) is 3.16. The van der Waals surface area contributed by atoms with Gasteiger partial charge in [-0.2, -0.15) is 0 Å². The fraction of sp³-hybridized carbons (Fsp3) is 0.500. The average Bonchev–Trinajstić information content (AvgIpc) is 2.04. The normalized spacial score (nSPS) is 15.8. The molecule has 0 bridgehead atoms. The predicted octanol–water partition coefficient (Wildman–Crippen LogP) is 1.25. The van der Waals surface area contributed by atoms with Gasteiger partial charge in [-0.15, -0.1) is 0 Å². The molecule has 1 aromatic heterocycles. The van der Waals surface area contributed by atoms with Gasteiger partial charge in [0.15, 0.2) is 3.83 Å². The molecule has 0 radical (unpaired) electrons. The van der Waals surface area contributed by atoms with Crippen molar-refractivity contribution < 1.29 is 0 Å². The smallest absolute Gasteiger partial charge is 0.254 e. The van der Waals surface area contributed by atoms with Crippen LogP contribution in [0, 0.1) is 3.83 Å². The Bertz CT molecular complexity index is 359. The van der Waals surface area contributed by atoms with Crippen LogP contribution in [0.2, 0.25) is 0 Å². The van der Waals surface area contributed by atoms with Gasteiger partial charge in [-0.3, -0.25) is 4.79 Å². The Kier molecular flexibility index (Phi) is 2.16. The first-order chi connectivity index (χ1) is 5.77. The van der Waals surface area contributed by atoms with Crippen LogP contribution in [0.25, 0.3) is 0 Å². The second-order valence-electron chi connectivity index (χ2n) is 2.99. The van der Waals surface area contributed by atoms with Gasteiger partial charge in [0.05, 0.1) is 5.69 Å². The van der Waals surface area contributed by atoms with Gasteiger partial charge in [-0.05, 0) is 48.3 Å². The van der Waals surface area contributed by atoms with E-state index >= 15 is 0 Å². The van der Waals surface area contributed by atoms with E-state index in [-0.39, 0.29) is 5.56 Å². The third-order valence-corrected chi connectivity index (χ3v) is 2.67. The van der Waals surface area contributed by atoms with E-state index in [1.54, 1.807) is 0 Å². The zero-order valence-electron chi connectivity index (χ0n) is 6.56. The minimum atomic E-state index is 0.0594. The van der Waals surface area contributed by atoms with Gasteiger partial charge < -0.3 is 4.98 Å². The lowest BCUT2D eigenvalue weighted by Crippen LogP contribution is -2.21. The van der Waals surface area contributed by atoms with Crippen molar-refractivity contribution >= 4 is 22.6 Å². The van der Waals surface area contributed by atoms with E-state index in [1.165, 1.54) is 6.42 Å². The Hall–Kier alpha value is -0.390. The highest BCUT2D eigenvalue weighted by Crippen LogP contribution is 2.15. The highest BCUT2D eigenvalue weighted by molar-refractivity contribution is 14.1. The number of aromatic amines is 1. The van der Waals surface area contributed by atoms with E-state index in [0.29, 0.717) is 3.83 Å². The van der Waals surface area contributed by atoms with Gasteiger partial charge in [0.1, 0.15) is 0 Å². The summed E-state index contributed by atoms with van der Waals surface area (Å²) in [5.41, 5.74) is 1.97. The van der Waals surface area contributed by atoms with Crippen LogP contribution in [0.15, 0.2) is 4.79 Å². The molecule has 0 amide bonds. The molecule has 1 aromatic rings. The molecule has 0 atom stereocenters. The number of nitrogens with zero attached hydrogens (tertiary/aromatic N) is 1. The van der Waals surface area contributed by atoms with Crippen molar-refractivity contribution in [3.63, 3.8) is 0 Å². The van der Waals surface area contributed by atoms with Crippen molar-refractivity contribution in [3.05, 3.63) is 25.4 Å². The van der Waals surface area contributed by atoms with Crippen LogP contribution in [0.1, 0.15) is 24.1 Å². The van der Waals surface area contributed by atoms with Gasteiger partial charge in [0.25, 0.3) is 5.56 Å². The molecule has 0 aliphatic heterocycles. The third kappa shape index (κ3) is 1.39. The lowest BCUT2D eigenvalue weighted by molar-refractivity contribution is 0.652. The molecule has 0 saturated carbocycles. The van der Waals surface area contributed by atoms with E-state index < -0.39 is 0 Å². The maximum absolute atomic E-state index is 11.4. The standard InChI is InChI=1S/C8H9IN2O/c9-8-10-6-4-2-1-3-5(6)7(12)11-8/h1-4H2,(H,10,11,12). The zero-order chi connectivity index (χ0) is 8.55. The van der Waals surface area contributed by atoms with Crippen LogP contribution in [0.3, 0.4) is 0 Å². The molecule has 0 spiro atoms. The van der Waals surface area contributed by atoms with E-state index in [4.69, 9.17) is 0 Å². The lowest BCUT2D eigenvalue weighted by Gasteiger charge is -2.12. The number of fused-ring (bicyclic) bond motifs is 1. The molecule has 64 valence electrons. The molecule has 1 aliphatic rings. The van der Waals surface area contributed by atoms with Gasteiger partial charge in [-0.1, -0.05) is 0 Å². The maximum Gasteiger partial charge on any atom is 0.254 e. The van der Waals surface area contributed by atoms with Crippen molar-refractivity contribution in [1.82, 2.24) is 9.97 Å². The van der Waals surface area contributed by atoms with Gasteiger partial charge in [0.2, 0.25) is 0 Å². The molecule has 0 aromatic carbocycles. The Balaban J connectivity index is 2.60. The Morgan fingerprint density at radius 2 is 2.08 bits per heavy atom. The van der Waals surface area contributed by atoms with E-state index in [2.05, 4.69) is 9.97 Å². The maximum atomic E-state index is 11.4. The molecule has 1 N–H and O–H groups in total. The summed E-state index contributed by atoms with van der Waals surface area (Å²) in [6.45, 7) is 0. The monoisotopic (exact) mass is 276 g/mol. The molecule has 0 saturated heterocycles. The topological polar surface area (TPSA) is 45.8 Å². The highest BCUT2D eigenvalue weighted by atomic mass is 127. The first kappa shape index (κ1) is 8.22. The number of H-pyrrole nitrogens is 1. The van der Waals surface area contributed by atoms with Gasteiger partial charge in [-0.25, -0.2) is 4.98 Å². The molecule has 4 heteroatoms. The van der Waals surface area contributed by atoms with Gasteiger partial charge in [0, 0.05) is 5.56 Å². The summed E-state index contributed by atoms with van der Waals surface area (Å²) < 4.78 is 0.707. The first-order valence-electron chi connectivity index (χ1n) is 4.05. The molecule has 3 nitrogen and oxygen atoms in total. The number of hydrogen-bond donors (Lipinski definition) is 1. The van der Waals surface area contributed by atoms with Crippen molar-refractivity contribution in [2.75, 3.05) is 0 Å². The molecular formula is C8H9IN2O. The summed E-state index contributed by atoms with van der Waals surface area (Å²) in [7, 11) is 0. The van der Waals surface area contributed by atoms with Crippen molar-refractivity contribution in [3.8, 4) is 0 Å². The summed E-state index contributed by atoms with van der Waals surface area (Å²) in [6, 6.07) is 0. The lowest BCUT2D eigenvalue weighted by atomic mass is 9.97. The van der Waals surface area contributed by atoms with Crippen LogP contribution in [0.5, 0.6) is 0 Å². The molecule has 0 fully saturated rings. The zero-order valence-corrected chi connectivity index (χ0v) is 8.72. The fourth-order valence-corrected chi connectivity index (χ4v) is 2.11. The van der Waals surface area contributed by atoms with Crippen LogP contribution >= 0.6 is 22.6 Å². The number of halogens is 1. The minimum absolute atomic E-state index is 0.0594. The molecule has 12 heavy (non-hydrogen) atoms. The molecule has 0 unspecified atom stereocenters. The number of hydrogen-bond acceptors (Lipinski definition) is 2. The quantitative estimate of drug-likeness (QED) is 0.572. The number of aryl methyl sites for hydroxylation is 1. The largest absolute Gasteiger partial charge is 0.302 e. The SMILES string of the molecule is O=c1[nH]c(I)nc2c1CCCC2. The highest BCUT2D eigenvalue weighted by Gasteiger charge is 2.14. The third-order valence-electron chi connectivity index (χ3n) is 2.16.